The van der Waals surface area contributed by atoms with E-state index in [9.17, 15) is 9.59 Å². The summed E-state index contributed by atoms with van der Waals surface area (Å²) >= 11 is 0. The molecule has 24 heavy (non-hydrogen) atoms. The normalized spacial score (nSPS) is 11.5. The largest absolute Gasteiger partial charge is 0.490 e. The Morgan fingerprint density at radius 1 is 1.04 bits per heavy atom. The second-order valence-corrected chi connectivity index (χ2v) is 5.30. The monoisotopic (exact) mass is 337 g/mol. The van der Waals surface area contributed by atoms with E-state index in [-0.39, 0.29) is 5.91 Å². The van der Waals surface area contributed by atoms with E-state index in [2.05, 4.69) is 5.32 Å². The van der Waals surface area contributed by atoms with Gasteiger partial charge in [0.15, 0.2) is 17.6 Å². The first-order chi connectivity index (χ1) is 11.5. The van der Waals surface area contributed by atoms with Gasteiger partial charge < -0.3 is 19.5 Å². The summed E-state index contributed by atoms with van der Waals surface area (Å²) in [5, 5.41) is 2.61. The van der Waals surface area contributed by atoms with Gasteiger partial charge in [-0.3, -0.25) is 4.79 Å². The minimum absolute atomic E-state index is 0.320. The van der Waals surface area contributed by atoms with Crippen LogP contribution in [0.5, 0.6) is 11.5 Å². The molecule has 6 nitrogen and oxygen atoms in total. The van der Waals surface area contributed by atoms with Crippen molar-refractivity contribution in [3.05, 3.63) is 23.8 Å². The first-order valence-corrected chi connectivity index (χ1v) is 8.41. The third-order valence-electron chi connectivity index (χ3n) is 3.11. The third kappa shape index (κ3) is 6.10. The molecule has 0 spiro atoms. The zero-order valence-electron chi connectivity index (χ0n) is 14.9. The predicted octanol–water partition coefficient (Wildman–Crippen LogP) is 2.95. The Hall–Kier alpha value is -2.24. The number of ether oxygens (including phenoxy) is 3. The molecule has 1 rings (SSSR count). The van der Waals surface area contributed by atoms with E-state index in [0.717, 1.165) is 12.8 Å². The molecule has 1 aromatic carbocycles. The maximum atomic E-state index is 12.2. The van der Waals surface area contributed by atoms with Gasteiger partial charge in [0.05, 0.1) is 18.8 Å². The van der Waals surface area contributed by atoms with Gasteiger partial charge in [-0.05, 0) is 44.9 Å². The molecule has 0 aliphatic rings. The van der Waals surface area contributed by atoms with Crippen LogP contribution in [0.15, 0.2) is 18.2 Å². The lowest BCUT2D eigenvalue weighted by Crippen LogP contribution is -2.35. The second kappa shape index (κ2) is 10.5. The van der Waals surface area contributed by atoms with E-state index in [1.54, 1.807) is 25.1 Å². The number of hydrogen-bond donors (Lipinski definition) is 1. The van der Waals surface area contributed by atoms with Crippen LogP contribution in [0.25, 0.3) is 0 Å². The minimum Gasteiger partial charge on any atom is -0.490 e. The molecule has 0 aliphatic carbocycles. The molecule has 0 unspecified atom stereocenters. The highest BCUT2D eigenvalue weighted by Crippen LogP contribution is 2.29. The van der Waals surface area contributed by atoms with Gasteiger partial charge in [0.2, 0.25) is 0 Å². The van der Waals surface area contributed by atoms with Crippen molar-refractivity contribution in [2.75, 3.05) is 19.8 Å². The van der Waals surface area contributed by atoms with Crippen LogP contribution in [0.3, 0.4) is 0 Å². The number of rotatable bonds is 10. The van der Waals surface area contributed by atoms with Crippen molar-refractivity contribution in [1.82, 2.24) is 5.32 Å². The molecule has 0 saturated heterocycles. The number of amides is 1. The zero-order valence-corrected chi connectivity index (χ0v) is 14.9. The first kappa shape index (κ1) is 19.8. The topological polar surface area (TPSA) is 73.9 Å². The van der Waals surface area contributed by atoms with Gasteiger partial charge in [0, 0.05) is 6.54 Å². The summed E-state index contributed by atoms with van der Waals surface area (Å²) in [5.41, 5.74) is 0.320. The van der Waals surface area contributed by atoms with Crippen molar-refractivity contribution in [3.8, 4) is 11.5 Å². The van der Waals surface area contributed by atoms with Gasteiger partial charge >= 0.3 is 5.97 Å². The molecule has 1 atom stereocenters. The Bertz CT molecular complexity index is 544. The molecule has 1 aromatic rings. The summed E-state index contributed by atoms with van der Waals surface area (Å²) in [6, 6.07) is 4.89. The van der Waals surface area contributed by atoms with Gasteiger partial charge in [-0.2, -0.15) is 0 Å². The van der Waals surface area contributed by atoms with E-state index in [1.807, 2.05) is 13.8 Å². The standard InChI is InChI=1S/C18H27NO5/c1-5-10-22-15-9-8-14(12-16(15)23-11-6-2)18(21)24-13(4)17(20)19-7-3/h8-9,12-13H,5-7,10-11H2,1-4H3,(H,19,20)/t13-/m0/s1. The maximum Gasteiger partial charge on any atom is 0.339 e. The van der Waals surface area contributed by atoms with Crippen LogP contribution >= 0.6 is 0 Å². The molecular weight excluding hydrogens is 310 g/mol. The van der Waals surface area contributed by atoms with E-state index < -0.39 is 12.1 Å². The first-order valence-electron chi connectivity index (χ1n) is 8.41. The van der Waals surface area contributed by atoms with Crippen molar-refractivity contribution in [2.24, 2.45) is 0 Å². The fourth-order valence-electron chi connectivity index (χ4n) is 1.89. The van der Waals surface area contributed by atoms with Gasteiger partial charge in [-0.1, -0.05) is 13.8 Å². The highest BCUT2D eigenvalue weighted by atomic mass is 16.5. The molecular formula is C18H27NO5. The van der Waals surface area contributed by atoms with Crippen molar-refractivity contribution < 1.29 is 23.8 Å². The molecule has 0 saturated carbocycles. The van der Waals surface area contributed by atoms with Crippen molar-refractivity contribution in [3.63, 3.8) is 0 Å². The van der Waals surface area contributed by atoms with Gasteiger partial charge in [0.1, 0.15) is 0 Å². The molecule has 134 valence electrons. The van der Waals surface area contributed by atoms with E-state index in [0.29, 0.717) is 36.8 Å². The van der Waals surface area contributed by atoms with Crippen LogP contribution in [-0.4, -0.2) is 37.7 Å². The van der Waals surface area contributed by atoms with Crippen LogP contribution < -0.4 is 14.8 Å². The van der Waals surface area contributed by atoms with Crippen LogP contribution in [0.2, 0.25) is 0 Å². The summed E-state index contributed by atoms with van der Waals surface area (Å²) in [4.78, 5) is 23.9. The van der Waals surface area contributed by atoms with E-state index in [4.69, 9.17) is 14.2 Å². The molecule has 1 amide bonds. The number of nitrogens with one attached hydrogen (secondary N) is 1. The van der Waals surface area contributed by atoms with Crippen LogP contribution in [-0.2, 0) is 9.53 Å². The average Bonchev–Trinajstić information content (AvgIpc) is 2.58. The molecule has 0 aromatic heterocycles. The number of carbonyl (C=O) groups is 2. The Kier molecular flexibility index (Phi) is 8.68. The lowest BCUT2D eigenvalue weighted by Gasteiger charge is -2.15. The molecule has 0 radical (unpaired) electrons. The lowest BCUT2D eigenvalue weighted by atomic mass is 10.2. The number of hydrogen-bond acceptors (Lipinski definition) is 5. The van der Waals surface area contributed by atoms with Crippen molar-refractivity contribution in [2.45, 2.75) is 46.6 Å². The lowest BCUT2D eigenvalue weighted by molar-refractivity contribution is -0.128. The quantitative estimate of drug-likeness (QED) is 0.665. The predicted molar refractivity (Wildman–Crippen MR) is 91.6 cm³/mol. The highest BCUT2D eigenvalue weighted by molar-refractivity contribution is 5.92. The molecule has 6 heteroatoms. The van der Waals surface area contributed by atoms with Crippen molar-refractivity contribution >= 4 is 11.9 Å². The molecule has 0 fully saturated rings. The fourth-order valence-corrected chi connectivity index (χ4v) is 1.89. The summed E-state index contributed by atoms with van der Waals surface area (Å²) < 4.78 is 16.5. The smallest absolute Gasteiger partial charge is 0.339 e. The van der Waals surface area contributed by atoms with Crippen LogP contribution in [0, 0.1) is 0 Å². The Morgan fingerprint density at radius 3 is 2.25 bits per heavy atom. The highest BCUT2D eigenvalue weighted by Gasteiger charge is 2.19. The van der Waals surface area contributed by atoms with Gasteiger partial charge in [-0.25, -0.2) is 4.79 Å². The molecule has 0 bridgehead atoms. The van der Waals surface area contributed by atoms with E-state index in [1.165, 1.54) is 6.92 Å². The zero-order chi connectivity index (χ0) is 17.9. The molecule has 0 heterocycles. The SMILES string of the molecule is CCCOc1ccc(C(=O)O[C@@H](C)C(=O)NCC)cc1OCCC. The Balaban J connectivity index is 2.86. The number of benzene rings is 1. The second-order valence-electron chi connectivity index (χ2n) is 5.30. The number of carbonyl (C=O) groups excluding carboxylic acids is 2. The Labute approximate surface area is 143 Å². The minimum atomic E-state index is -0.853. The van der Waals surface area contributed by atoms with Crippen LogP contribution in [0.1, 0.15) is 50.9 Å². The molecule has 1 N–H and O–H groups in total. The summed E-state index contributed by atoms with van der Waals surface area (Å²) in [5.74, 6) is 0.206. The molecule has 0 aliphatic heterocycles. The summed E-state index contributed by atoms with van der Waals surface area (Å²) in [6.07, 6.45) is 0.866. The summed E-state index contributed by atoms with van der Waals surface area (Å²) in [6.45, 7) is 8.94. The number of likely N-dealkylation sites (N-methyl/N-ethyl adjacent to an activating group) is 1. The summed E-state index contributed by atoms with van der Waals surface area (Å²) in [7, 11) is 0. The third-order valence-corrected chi connectivity index (χ3v) is 3.11. The maximum absolute atomic E-state index is 12.2. The fraction of sp³-hybridized carbons (Fsp3) is 0.556. The average molecular weight is 337 g/mol. The van der Waals surface area contributed by atoms with Crippen LogP contribution in [0.4, 0.5) is 0 Å². The van der Waals surface area contributed by atoms with Gasteiger partial charge in [0.25, 0.3) is 5.91 Å². The van der Waals surface area contributed by atoms with Crippen molar-refractivity contribution in [1.29, 1.82) is 0 Å². The van der Waals surface area contributed by atoms with E-state index >= 15 is 0 Å². The van der Waals surface area contributed by atoms with Gasteiger partial charge in [-0.15, -0.1) is 0 Å². The number of esters is 1. The Morgan fingerprint density at radius 2 is 1.67 bits per heavy atom.